The molecule has 8 nitrogen and oxygen atoms in total. The zero-order chi connectivity index (χ0) is 28.0. The Hall–Kier alpha value is -3.58. The molecular weight excluding hydrogens is 495 g/mol. The van der Waals surface area contributed by atoms with Crippen LogP contribution in [0.1, 0.15) is 30.5 Å². The predicted molar refractivity (Wildman–Crippen MR) is 144 cm³/mol. The van der Waals surface area contributed by atoms with Gasteiger partial charge in [-0.2, -0.15) is 4.57 Å². The molecule has 0 saturated heterocycles. The lowest BCUT2D eigenvalue weighted by Crippen LogP contribution is -2.07. The fourth-order valence-electron chi connectivity index (χ4n) is 2.24. The number of phosphoric ester groups is 1. The number of hydrogen-bond acceptors (Lipinski definition) is 7. The number of phosphoric acid groups is 1. The number of carboxylic acid groups (broad SMARTS) is 1. The lowest BCUT2D eigenvalue weighted by molar-refractivity contribution is -0.132. The minimum atomic E-state index is -3.93. The second kappa shape index (κ2) is 15.5. The highest BCUT2D eigenvalue weighted by atomic mass is 31.2. The topological polar surface area (TPSA) is 123 Å². The van der Waals surface area contributed by atoms with Crippen LogP contribution in [0.25, 0.3) is 0 Å². The van der Waals surface area contributed by atoms with Gasteiger partial charge in [0.1, 0.15) is 17.2 Å². The van der Waals surface area contributed by atoms with Gasteiger partial charge < -0.3 is 28.9 Å². The van der Waals surface area contributed by atoms with E-state index in [1.165, 1.54) is 13.8 Å². The van der Waals surface area contributed by atoms with Crippen molar-refractivity contribution in [1.29, 1.82) is 0 Å². The van der Waals surface area contributed by atoms with Gasteiger partial charge in [0, 0.05) is 5.57 Å². The first-order valence-electron chi connectivity index (χ1n) is 11.4. The van der Waals surface area contributed by atoms with Crippen molar-refractivity contribution in [3.8, 4) is 17.2 Å². The van der Waals surface area contributed by atoms with Crippen LogP contribution in [0.3, 0.4) is 0 Å². The summed E-state index contributed by atoms with van der Waals surface area (Å²) in [5.74, 6) is 0.310. The molecule has 0 aliphatic carbocycles. The van der Waals surface area contributed by atoms with Crippen molar-refractivity contribution < 1.29 is 38.3 Å². The van der Waals surface area contributed by atoms with Gasteiger partial charge in [0.15, 0.2) is 0 Å². The second-order valence-electron chi connectivity index (χ2n) is 8.28. The van der Waals surface area contributed by atoms with Crippen molar-refractivity contribution in [1.82, 2.24) is 0 Å². The molecule has 0 aromatic heterocycles. The van der Waals surface area contributed by atoms with Crippen molar-refractivity contribution >= 4 is 13.8 Å². The normalized spacial score (nSPS) is 11.0. The van der Waals surface area contributed by atoms with Crippen molar-refractivity contribution in [3.05, 3.63) is 102 Å². The highest BCUT2D eigenvalue weighted by Crippen LogP contribution is 2.49. The summed E-state index contributed by atoms with van der Waals surface area (Å²) in [5.41, 5.74) is 3.40. The lowest BCUT2D eigenvalue weighted by atomic mass is 10.2. The Morgan fingerprint density at radius 3 is 1.16 bits per heavy atom. The number of aliphatic hydroxyl groups is 2. The van der Waals surface area contributed by atoms with Crippen LogP contribution in [0.2, 0.25) is 0 Å². The van der Waals surface area contributed by atoms with Crippen LogP contribution in [0, 0.1) is 20.8 Å². The SMILES string of the molecule is C=C(C)C(=O)O.CC(O)CO.Cc1ccc(OP(=O)(Oc2ccc(C)cc2)Oc2ccc(C)cc2)cc1. The van der Waals surface area contributed by atoms with Crippen LogP contribution < -0.4 is 13.6 Å². The number of aryl methyl sites for hydroxylation is 3. The monoisotopic (exact) mass is 530 g/mol. The van der Waals surface area contributed by atoms with Crippen molar-refractivity contribution in [2.75, 3.05) is 6.61 Å². The number of carbonyl (C=O) groups is 1. The van der Waals surface area contributed by atoms with E-state index in [0.29, 0.717) is 17.2 Å². The predicted octanol–water partition coefficient (Wildman–Crippen LogP) is 6.26. The number of aliphatic carboxylic acids is 1. The molecule has 0 spiro atoms. The van der Waals surface area contributed by atoms with E-state index in [0.717, 1.165) is 16.7 Å². The lowest BCUT2D eigenvalue weighted by Gasteiger charge is -2.19. The summed E-state index contributed by atoms with van der Waals surface area (Å²) in [7, 11) is -3.93. The molecule has 1 atom stereocenters. The van der Waals surface area contributed by atoms with E-state index in [1.807, 2.05) is 57.2 Å². The van der Waals surface area contributed by atoms with Gasteiger partial charge in [0.25, 0.3) is 0 Å². The van der Waals surface area contributed by atoms with Crippen molar-refractivity contribution in [2.24, 2.45) is 0 Å². The highest BCUT2D eigenvalue weighted by molar-refractivity contribution is 7.49. The first-order valence-corrected chi connectivity index (χ1v) is 12.9. The van der Waals surface area contributed by atoms with E-state index in [-0.39, 0.29) is 12.2 Å². The molecule has 0 fully saturated rings. The Balaban J connectivity index is 0.000000524. The molecule has 9 heteroatoms. The third-order valence-corrected chi connectivity index (χ3v) is 5.65. The van der Waals surface area contributed by atoms with Gasteiger partial charge in [-0.05, 0) is 71.0 Å². The van der Waals surface area contributed by atoms with Crippen molar-refractivity contribution in [2.45, 2.75) is 40.7 Å². The zero-order valence-corrected chi connectivity index (χ0v) is 22.6. The Labute approximate surface area is 218 Å². The largest absolute Gasteiger partial charge is 0.647 e. The van der Waals surface area contributed by atoms with Gasteiger partial charge in [-0.25, -0.2) is 4.79 Å². The first kappa shape index (κ1) is 31.4. The van der Waals surface area contributed by atoms with E-state index in [9.17, 15) is 9.36 Å². The summed E-state index contributed by atoms with van der Waals surface area (Å²) in [6, 6.07) is 21.6. The maximum atomic E-state index is 13.3. The van der Waals surface area contributed by atoms with E-state index >= 15 is 0 Å². The zero-order valence-electron chi connectivity index (χ0n) is 21.7. The van der Waals surface area contributed by atoms with Crippen LogP contribution in [0.15, 0.2) is 84.9 Å². The molecule has 0 heterocycles. The Bertz CT molecular complexity index is 1020. The van der Waals surface area contributed by atoms with E-state index in [2.05, 4.69) is 6.58 Å². The smallest absolute Gasteiger partial charge is 0.478 e. The van der Waals surface area contributed by atoms with E-state index in [4.69, 9.17) is 28.9 Å². The standard InChI is InChI=1S/C21H21O4P.C4H6O2.C3H8O2/c1-16-4-10-19(11-5-16)23-26(22,24-20-12-6-17(2)7-13-20)25-21-14-8-18(3)9-15-21;1-3(2)4(5)6;1-3(5)2-4/h4-15H,1-3H3;1H2,2H3,(H,5,6);3-5H,2H2,1H3. The van der Waals surface area contributed by atoms with Gasteiger partial charge in [0.2, 0.25) is 0 Å². The third kappa shape index (κ3) is 13.3. The van der Waals surface area contributed by atoms with E-state index < -0.39 is 19.9 Å². The molecule has 0 amide bonds. The van der Waals surface area contributed by atoms with Crippen LogP contribution >= 0.6 is 7.82 Å². The summed E-state index contributed by atoms with van der Waals surface area (Å²) < 4.78 is 30.2. The van der Waals surface area contributed by atoms with Gasteiger partial charge in [-0.15, -0.1) is 0 Å². The van der Waals surface area contributed by atoms with Crippen LogP contribution in [-0.4, -0.2) is 34.0 Å². The molecule has 3 aromatic rings. The van der Waals surface area contributed by atoms with Crippen LogP contribution in [0.4, 0.5) is 0 Å². The molecule has 3 aromatic carbocycles. The fourth-order valence-corrected chi connectivity index (χ4v) is 3.49. The Morgan fingerprint density at radius 2 is 1.00 bits per heavy atom. The number of rotatable bonds is 8. The molecule has 0 radical (unpaired) electrons. The molecular formula is C28H35O8P. The summed E-state index contributed by atoms with van der Waals surface area (Å²) in [6.45, 7) is 11.9. The maximum Gasteiger partial charge on any atom is 0.647 e. The van der Waals surface area contributed by atoms with Crippen LogP contribution in [-0.2, 0) is 9.36 Å². The molecule has 200 valence electrons. The first-order chi connectivity index (χ1) is 17.3. The van der Waals surface area contributed by atoms with E-state index in [1.54, 1.807) is 36.4 Å². The molecule has 3 rings (SSSR count). The van der Waals surface area contributed by atoms with Crippen LogP contribution in [0.5, 0.6) is 17.2 Å². The molecule has 37 heavy (non-hydrogen) atoms. The third-order valence-electron chi connectivity index (χ3n) is 4.34. The Morgan fingerprint density at radius 1 is 0.784 bits per heavy atom. The second-order valence-corrected chi connectivity index (χ2v) is 9.72. The molecule has 0 bridgehead atoms. The van der Waals surface area contributed by atoms with Gasteiger partial charge >= 0.3 is 13.8 Å². The Kier molecular flexibility index (Phi) is 13.2. The molecule has 0 aliphatic heterocycles. The number of benzene rings is 3. The number of carboxylic acids is 1. The maximum absolute atomic E-state index is 13.3. The van der Waals surface area contributed by atoms with Gasteiger partial charge in [0.05, 0.1) is 12.7 Å². The summed E-state index contributed by atoms with van der Waals surface area (Å²) in [5, 5.41) is 23.9. The number of hydrogen-bond donors (Lipinski definition) is 3. The molecule has 1 unspecified atom stereocenters. The average molecular weight is 531 g/mol. The van der Waals surface area contributed by atoms with Gasteiger partial charge in [-0.3, -0.25) is 0 Å². The highest BCUT2D eigenvalue weighted by Gasteiger charge is 2.33. The minimum absolute atomic E-state index is 0.139. The minimum Gasteiger partial charge on any atom is -0.478 e. The summed E-state index contributed by atoms with van der Waals surface area (Å²) in [6.07, 6.45) is -0.560. The molecule has 3 N–H and O–H groups in total. The summed E-state index contributed by atoms with van der Waals surface area (Å²) >= 11 is 0. The average Bonchev–Trinajstić information content (AvgIpc) is 2.84. The van der Waals surface area contributed by atoms with Gasteiger partial charge in [-0.1, -0.05) is 59.7 Å². The molecule has 0 aliphatic rings. The fraction of sp³-hybridized carbons (Fsp3) is 0.250. The number of aliphatic hydroxyl groups excluding tert-OH is 2. The van der Waals surface area contributed by atoms with Crippen molar-refractivity contribution in [3.63, 3.8) is 0 Å². The quantitative estimate of drug-likeness (QED) is 0.230. The molecule has 0 saturated carbocycles. The summed E-state index contributed by atoms with van der Waals surface area (Å²) in [4.78, 5) is 9.60.